The largest absolute Gasteiger partial charge is 0.306 e. The first-order chi connectivity index (χ1) is 8.78. The van der Waals surface area contributed by atoms with Gasteiger partial charge in [0, 0.05) is 17.1 Å². The second-order valence-electron chi connectivity index (χ2n) is 4.45. The van der Waals surface area contributed by atoms with Crippen molar-refractivity contribution in [1.82, 2.24) is 9.55 Å². The van der Waals surface area contributed by atoms with Crippen molar-refractivity contribution in [3.8, 4) is 0 Å². The molecule has 1 aliphatic rings. The van der Waals surface area contributed by atoms with Crippen LogP contribution < -0.4 is 5.56 Å². The topological polar surface area (TPSA) is 34.9 Å². The molecule has 3 rings (SSSR count). The van der Waals surface area contributed by atoms with E-state index < -0.39 is 0 Å². The molecule has 0 aromatic carbocycles. The van der Waals surface area contributed by atoms with E-state index in [-0.39, 0.29) is 5.56 Å². The van der Waals surface area contributed by atoms with Crippen LogP contribution in [0.15, 0.2) is 22.3 Å². The molecule has 2 heterocycles. The second kappa shape index (κ2) is 4.86. The van der Waals surface area contributed by atoms with Crippen molar-refractivity contribution in [2.24, 2.45) is 0 Å². The van der Waals surface area contributed by atoms with Crippen molar-refractivity contribution in [3.63, 3.8) is 0 Å². The first-order valence-corrected chi connectivity index (χ1v) is 7.40. The van der Waals surface area contributed by atoms with Crippen molar-refractivity contribution in [3.05, 3.63) is 49.8 Å². The Morgan fingerprint density at radius 1 is 1.39 bits per heavy atom. The molecule has 18 heavy (non-hydrogen) atoms. The Balaban J connectivity index is 1.97. The van der Waals surface area contributed by atoms with Gasteiger partial charge in [-0.25, -0.2) is 4.98 Å². The second-order valence-corrected chi connectivity index (χ2v) is 5.66. The highest BCUT2D eigenvalue weighted by atomic mass is 35.5. The Bertz CT molecular complexity index is 632. The van der Waals surface area contributed by atoms with E-state index in [1.54, 1.807) is 17.4 Å². The third-order valence-electron chi connectivity index (χ3n) is 3.28. The highest BCUT2D eigenvalue weighted by Crippen LogP contribution is 2.21. The van der Waals surface area contributed by atoms with Crippen molar-refractivity contribution >= 4 is 22.9 Å². The van der Waals surface area contributed by atoms with Crippen LogP contribution in [-0.4, -0.2) is 9.55 Å². The van der Waals surface area contributed by atoms with E-state index in [0.717, 1.165) is 30.0 Å². The summed E-state index contributed by atoms with van der Waals surface area (Å²) in [5.41, 5.74) is 3.45. The third kappa shape index (κ3) is 2.10. The Hall–Kier alpha value is -1.13. The number of hydrogen-bond acceptors (Lipinski definition) is 3. The van der Waals surface area contributed by atoms with Gasteiger partial charge in [-0.1, -0.05) is 6.07 Å². The van der Waals surface area contributed by atoms with Gasteiger partial charge in [0.1, 0.15) is 5.01 Å². The molecule has 94 valence electrons. The van der Waals surface area contributed by atoms with E-state index >= 15 is 0 Å². The lowest BCUT2D eigenvalue weighted by atomic mass is 10.2. The molecule has 0 fully saturated rings. The minimum absolute atomic E-state index is 0.0678. The Kier molecular flexibility index (Phi) is 3.22. The number of rotatable bonds is 3. The number of fused-ring (bicyclic) bond motifs is 1. The summed E-state index contributed by atoms with van der Waals surface area (Å²) >= 11 is 7.31. The molecule has 0 radical (unpaired) electrons. The number of alkyl halides is 1. The molecule has 3 nitrogen and oxygen atoms in total. The van der Waals surface area contributed by atoms with Gasteiger partial charge in [0.2, 0.25) is 0 Å². The molecule has 2 aromatic rings. The van der Waals surface area contributed by atoms with Gasteiger partial charge in [-0.15, -0.1) is 22.9 Å². The summed E-state index contributed by atoms with van der Waals surface area (Å²) in [7, 11) is 0. The lowest BCUT2D eigenvalue weighted by Crippen LogP contribution is -2.23. The molecule has 1 aliphatic carbocycles. The van der Waals surface area contributed by atoms with E-state index in [1.807, 2.05) is 16.0 Å². The average molecular weight is 281 g/mol. The van der Waals surface area contributed by atoms with Crippen LogP contribution in [0, 0.1) is 0 Å². The van der Waals surface area contributed by atoms with Crippen molar-refractivity contribution in [2.45, 2.75) is 31.7 Å². The predicted molar refractivity (Wildman–Crippen MR) is 73.5 cm³/mol. The highest BCUT2D eigenvalue weighted by Gasteiger charge is 2.16. The first kappa shape index (κ1) is 11.9. The maximum Gasteiger partial charge on any atom is 0.251 e. The molecule has 0 atom stereocenters. The standard InChI is InChI=1S/C13H13ClN2OS/c14-6-10-8-18-12(15-10)7-16-11-3-1-2-9(11)4-5-13(16)17/h4-5,8H,1-3,6-7H2. The number of halogens is 1. The summed E-state index contributed by atoms with van der Waals surface area (Å²) < 4.78 is 1.86. The molecule has 0 N–H and O–H groups in total. The zero-order valence-corrected chi connectivity index (χ0v) is 11.4. The third-order valence-corrected chi connectivity index (χ3v) is 4.44. The maximum absolute atomic E-state index is 12.0. The zero-order valence-electron chi connectivity index (χ0n) is 9.86. The van der Waals surface area contributed by atoms with Crippen molar-refractivity contribution < 1.29 is 0 Å². The molecular formula is C13H13ClN2OS. The fraction of sp³-hybridized carbons (Fsp3) is 0.385. The van der Waals surface area contributed by atoms with E-state index in [9.17, 15) is 4.79 Å². The predicted octanol–water partition coefficient (Wildman–Crippen LogP) is 2.58. The van der Waals surface area contributed by atoms with Gasteiger partial charge in [0.25, 0.3) is 5.56 Å². The number of pyridine rings is 1. The number of hydrogen-bond donors (Lipinski definition) is 0. The van der Waals surface area contributed by atoms with Gasteiger partial charge < -0.3 is 4.57 Å². The summed E-state index contributed by atoms with van der Waals surface area (Å²) in [6, 6.07) is 3.63. The Morgan fingerprint density at radius 3 is 3.06 bits per heavy atom. The van der Waals surface area contributed by atoms with E-state index in [4.69, 9.17) is 11.6 Å². The molecule has 0 unspecified atom stereocenters. The summed E-state index contributed by atoms with van der Waals surface area (Å²) in [5, 5.41) is 2.91. The van der Waals surface area contributed by atoms with Crippen LogP contribution in [0.4, 0.5) is 0 Å². The smallest absolute Gasteiger partial charge is 0.251 e. The highest BCUT2D eigenvalue weighted by molar-refractivity contribution is 7.09. The normalized spacial score (nSPS) is 13.8. The van der Waals surface area contributed by atoms with E-state index in [0.29, 0.717) is 12.4 Å². The monoisotopic (exact) mass is 280 g/mol. The van der Waals surface area contributed by atoms with Crippen molar-refractivity contribution in [2.75, 3.05) is 0 Å². The quantitative estimate of drug-likeness (QED) is 0.810. The van der Waals surface area contributed by atoms with Crippen LogP contribution in [0.3, 0.4) is 0 Å². The minimum Gasteiger partial charge on any atom is -0.306 e. The van der Waals surface area contributed by atoms with E-state index in [2.05, 4.69) is 4.98 Å². The van der Waals surface area contributed by atoms with Gasteiger partial charge >= 0.3 is 0 Å². The molecule has 0 saturated heterocycles. The number of aryl methyl sites for hydroxylation is 1. The van der Waals surface area contributed by atoms with Gasteiger partial charge in [0.05, 0.1) is 18.1 Å². The molecule has 5 heteroatoms. The molecule has 0 amide bonds. The SMILES string of the molecule is O=c1ccc2c(n1Cc1nc(CCl)cs1)CCC2. The summed E-state index contributed by atoms with van der Waals surface area (Å²) in [4.78, 5) is 16.4. The summed E-state index contributed by atoms with van der Waals surface area (Å²) in [6.07, 6.45) is 3.23. The summed E-state index contributed by atoms with van der Waals surface area (Å²) in [6.45, 7) is 0.573. The molecule has 0 saturated carbocycles. The van der Waals surface area contributed by atoms with E-state index in [1.165, 1.54) is 11.3 Å². The average Bonchev–Trinajstić information content (AvgIpc) is 3.01. The van der Waals surface area contributed by atoms with Gasteiger partial charge in [-0.3, -0.25) is 4.79 Å². The van der Waals surface area contributed by atoms with Gasteiger partial charge in [-0.05, 0) is 24.8 Å². The molecule has 0 spiro atoms. The lowest BCUT2D eigenvalue weighted by Gasteiger charge is -2.09. The van der Waals surface area contributed by atoms with Crippen LogP contribution in [0.2, 0.25) is 0 Å². The fourth-order valence-corrected chi connectivity index (χ4v) is 3.44. The Labute approximate surface area is 114 Å². The molecule has 2 aromatic heterocycles. The van der Waals surface area contributed by atoms with Crippen molar-refractivity contribution in [1.29, 1.82) is 0 Å². The van der Waals surface area contributed by atoms with Crippen LogP contribution in [-0.2, 0) is 25.3 Å². The van der Waals surface area contributed by atoms with Gasteiger partial charge in [0.15, 0.2) is 0 Å². The lowest BCUT2D eigenvalue weighted by molar-refractivity contribution is 0.702. The van der Waals surface area contributed by atoms with Crippen LogP contribution in [0.25, 0.3) is 0 Å². The van der Waals surface area contributed by atoms with Crippen LogP contribution in [0.1, 0.15) is 28.4 Å². The summed E-state index contributed by atoms with van der Waals surface area (Å²) in [5.74, 6) is 0.429. The minimum atomic E-state index is 0.0678. The Morgan fingerprint density at radius 2 is 2.28 bits per heavy atom. The number of nitrogens with zero attached hydrogens (tertiary/aromatic N) is 2. The van der Waals surface area contributed by atoms with Crippen LogP contribution in [0.5, 0.6) is 0 Å². The maximum atomic E-state index is 12.0. The molecule has 0 aliphatic heterocycles. The zero-order chi connectivity index (χ0) is 12.5. The molecule has 0 bridgehead atoms. The number of thiazole rings is 1. The fourth-order valence-electron chi connectivity index (χ4n) is 2.43. The van der Waals surface area contributed by atoms with Gasteiger partial charge in [-0.2, -0.15) is 0 Å². The number of aromatic nitrogens is 2. The van der Waals surface area contributed by atoms with Crippen LogP contribution >= 0.6 is 22.9 Å². The molecular weight excluding hydrogens is 268 g/mol. The first-order valence-electron chi connectivity index (χ1n) is 5.99.